The molecule has 2 amide bonds. The molecule has 2 aliphatic heterocycles. The van der Waals surface area contributed by atoms with Crippen LogP contribution in [-0.2, 0) is 22.6 Å². The van der Waals surface area contributed by atoms with Crippen molar-refractivity contribution in [3.05, 3.63) is 51.5 Å². The fourth-order valence-corrected chi connectivity index (χ4v) is 6.59. The van der Waals surface area contributed by atoms with Crippen molar-refractivity contribution < 1.29 is 19.1 Å². The second-order valence-corrected chi connectivity index (χ2v) is 13.2. The Morgan fingerprint density at radius 1 is 1.16 bits per heavy atom. The van der Waals surface area contributed by atoms with E-state index in [2.05, 4.69) is 9.88 Å². The molecule has 230 valence electrons. The van der Waals surface area contributed by atoms with Crippen molar-refractivity contribution in [1.82, 2.24) is 24.3 Å². The molecule has 1 aromatic carbocycles. The number of carbonyl (C=O) groups is 2. The molecule has 2 aromatic heterocycles. The smallest absolute Gasteiger partial charge is 0.410 e. The van der Waals surface area contributed by atoms with Crippen LogP contribution < -0.4 is 15.2 Å². The number of amides is 2. The van der Waals surface area contributed by atoms with Gasteiger partial charge in [-0.2, -0.15) is 0 Å². The topological polar surface area (TPSA) is 110 Å². The van der Waals surface area contributed by atoms with Gasteiger partial charge in [0.1, 0.15) is 17.2 Å². The Labute approximate surface area is 260 Å². The number of hydrogen-bond acceptors (Lipinski definition) is 9. The Morgan fingerprint density at radius 2 is 1.91 bits per heavy atom. The number of fused-ring (bicyclic) bond motifs is 2. The number of carbonyl (C=O) groups excluding carboxylic acids is 2. The van der Waals surface area contributed by atoms with Gasteiger partial charge in [0, 0.05) is 45.3 Å². The number of pyridine rings is 1. The number of aromatic nitrogens is 3. The van der Waals surface area contributed by atoms with Gasteiger partial charge >= 0.3 is 6.09 Å². The highest BCUT2D eigenvalue weighted by Crippen LogP contribution is 2.36. The number of hydrogen-bond donors (Lipinski definition) is 0. The normalized spacial score (nSPS) is 16.3. The van der Waals surface area contributed by atoms with Crippen molar-refractivity contribution in [3.63, 3.8) is 0 Å². The van der Waals surface area contributed by atoms with Crippen molar-refractivity contribution in [2.75, 3.05) is 44.4 Å². The molecule has 0 radical (unpaired) electrons. The lowest BCUT2D eigenvalue weighted by Crippen LogP contribution is -2.49. The minimum atomic E-state index is -0.671. The minimum Gasteiger partial charge on any atom is -0.497 e. The average molecular weight is 629 g/mol. The number of rotatable bonds is 7. The molecule has 1 fully saturated rings. The van der Waals surface area contributed by atoms with Crippen molar-refractivity contribution in [3.8, 4) is 5.75 Å². The van der Waals surface area contributed by atoms with Gasteiger partial charge < -0.3 is 18.9 Å². The number of benzene rings is 1. The van der Waals surface area contributed by atoms with Crippen LogP contribution in [0, 0.1) is 0 Å². The van der Waals surface area contributed by atoms with Crippen LogP contribution in [0.25, 0.3) is 11.0 Å². The van der Waals surface area contributed by atoms with E-state index in [1.54, 1.807) is 23.6 Å². The van der Waals surface area contributed by atoms with E-state index in [1.807, 2.05) is 45.0 Å². The molecule has 0 N–H and O–H groups in total. The van der Waals surface area contributed by atoms with E-state index < -0.39 is 11.7 Å². The molecule has 13 heteroatoms. The molecular formula is C30H37ClN6O5S. The van der Waals surface area contributed by atoms with Crippen LogP contribution >= 0.6 is 23.4 Å². The molecule has 4 heterocycles. The average Bonchev–Trinajstić information content (AvgIpc) is 2.97. The molecule has 0 bridgehead atoms. The number of likely N-dealkylation sites (tertiary alicyclic amines) is 1. The van der Waals surface area contributed by atoms with Crippen LogP contribution in [0.15, 0.2) is 40.2 Å². The molecule has 0 spiro atoms. The molecular weight excluding hydrogens is 592 g/mol. The Morgan fingerprint density at radius 3 is 2.60 bits per heavy atom. The molecule has 11 nitrogen and oxygen atoms in total. The molecule has 2 aliphatic rings. The summed E-state index contributed by atoms with van der Waals surface area (Å²) in [7, 11) is 3.30. The summed E-state index contributed by atoms with van der Waals surface area (Å²) in [6, 6.07) is 7.24. The van der Waals surface area contributed by atoms with E-state index in [-0.39, 0.29) is 24.1 Å². The predicted molar refractivity (Wildman–Crippen MR) is 167 cm³/mol. The summed E-state index contributed by atoms with van der Waals surface area (Å²) in [6.07, 6.45) is 2.36. The molecule has 43 heavy (non-hydrogen) atoms. The number of halogens is 1. The number of ether oxygens (including phenoxy) is 2. The van der Waals surface area contributed by atoms with E-state index >= 15 is 0 Å². The van der Waals surface area contributed by atoms with Crippen molar-refractivity contribution >= 4 is 52.2 Å². The maximum Gasteiger partial charge on any atom is 0.410 e. The minimum absolute atomic E-state index is 0.0317. The summed E-state index contributed by atoms with van der Waals surface area (Å²) in [4.78, 5) is 53.9. The van der Waals surface area contributed by atoms with Gasteiger partial charge in [0.2, 0.25) is 5.91 Å². The summed E-state index contributed by atoms with van der Waals surface area (Å²) in [5.74, 6) is 1.53. The fraction of sp³-hybridized carbons (Fsp3) is 0.500. The van der Waals surface area contributed by atoms with E-state index in [9.17, 15) is 14.4 Å². The summed E-state index contributed by atoms with van der Waals surface area (Å²) < 4.78 is 12.9. The van der Waals surface area contributed by atoms with Crippen molar-refractivity contribution in [1.29, 1.82) is 0 Å². The number of piperidine rings is 1. The molecule has 0 saturated carbocycles. The van der Waals surface area contributed by atoms with Gasteiger partial charge in [-0.05, 0) is 51.8 Å². The number of methoxy groups -OCH3 is 1. The lowest BCUT2D eigenvalue weighted by molar-refractivity contribution is -0.116. The quantitative estimate of drug-likeness (QED) is 0.375. The SMILES string of the molecule is COc1ccc2ncc(=O)n(CCN3CCC(N(Cc4nc5c(cc4Cl)SCC(=O)N5C)C(=O)OC(C)(C)C)CC3)c2c1. The summed E-state index contributed by atoms with van der Waals surface area (Å²) in [5.41, 5.74) is 1.16. The summed E-state index contributed by atoms with van der Waals surface area (Å²) in [6.45, 7) is 8.35. The van der Waals surface area contributed by atoms with Crippen LogP contribution in [0.5, 0.6) is 5.75 Å². The first-order valence-electron chi connectivity index (χ1n) is 14.3. The van der Waals surface area contributed by atoms with Crippen molar-refractivity contribution in [2.24, 2.45) is 0 Å². The lowest BCUT2D eigenvalue weighted by Gasteiger charge is -2.39. The molecule has 0 aliphatic carbocycles. The first-order chi connectivity index (χ1) is 20.4. The Balaban J connectivity index is 1.30. The Hall–Kier alpha value is -3.35. The van der Waals surface area contributed by atoms with Crippen LogP contribution in [0.2, 0.25) is 5.02 Å². The van der Waals surface area contributed by atoms with Gasteiger partial charge in [0.15, 0.2) is 0 Å². The molecule has 1 saturated heterocycles. The third-order valence-electron chi connectivity index (χ3n) is 7.68. The maximum absolute atomic E-state index is 13.5. The van der Waals surface area contributed by atoms with Crippen LogP contribution in [0.3, 0.4) is 0 Å². The van der Waals surface area contributed by atoms with E-state index in [0.717, 1.165) is 41.9 Å². The van der Waals surface area contributed by atoms with E-state index in [0.29, 0.717) is 41.1 Å². The lowest BCUT2D eigenvalue weighted by atomic mass is 10.0. The zero-order valence-electron chi connectivity index (χ0n) is 25.1. The standard InChI is InChI=1S/C30H37ClN6O5S/c1-30(2,3)42-29(40)37(17-23-21(31)15-25-28(33-23)34(4)27(39)18-43-25)19-8-10-35(11-9-19)12-13-36-24-14-20(41-5)6-7-22(24)32-16-26(36)38/h6-7,14-16,19H,8-13,17-18H2,1-5H3. The molecule has 3 aromatic rings. The van der Waals surface area contributed by atoms with Crippen LogP contribution in [-0.4, -0.2) is 87.5 Å². The third kappa shape index (κ3) is 7.08. The second kappa shape index (κ2) is 12.7. The van der Waals surface area contributed by atoms with E-state index in [4.69, 9.17) is 26.1 Å². The van der Waals surface area contributed by atoms with Crippen LogP contribution in [0.4, 0.5) is 10.6 Å². The molecule has 0 atom stereocenters. The largest absolute Gasteiger partial charge is 0.497 e. The number of anilines is 1. The van der Waals surface area contributed by atoms with Gasteiger partial charge in [0.25, 0.3) is 5.56 Å². The van der Waals surface area contributed by atoms with Gasteiger partial charge in [-0.1, -0.05) is 11.6 Å². The molecule has 0 unspecified atom stereocenters. The number of nitrogens with zero attached hydrogens (tertiary/aromatic N) is 6. The highest BCUT2D eigenvalue weighted by molar-refractivity contribution is 8.00. The Kier molecular flexibility index (Phi) is 9.19. The van der Waals surface area contributed by atoms with Gasteiger partial charge in [-0.25, -0.2) is 14.8 Å². The van der Waals surface area contributed by atoms with Crippen molar-refractivity contribution in [2.45, 2.75) is 63.2 Å². The highest BCUT2D eigenvalue weighted by Gasteiger charge is 2.33. The Bertz CT molecular complexity index is 1580. The monoisotopic (exact) mass is 628 g/mol. The first-order valence-corrected chi connectivity index (χ1v) is 15.6. The maximum atomic E-state index is 13.5. The van der Waals surface area contributed by atoms with Crippen LogP contribution in [0.1, 0.15) is 39.3 Å². The third-order valence-corrected chi connectivity index (χ3v) is 9.01. The number of thioether (sulfide) groups is 1. The zero-order chi connectivity index (χ0) is 30.9. The van der Waals surface area contributed by atoms with Gasteiger partial charge in [-0.3, -0.25) is 19.4 Å². The van der Waals surface area contributed by atoms with Gasteiger partial charge in [0.05, 0.1) is 52.2 Å². The highest BCUT2D eigenvalue weighted by atomic mass is 35.5. The van der Waals surface area contributed by atoms with E-state index in [1.165, 1.54) is 22.9 Å². The first kappa shape index (κ1) is 31.1. The summed E-state index contributed by atoms with van der Waals surface area (Å²) >= 11 is 8.07. The van der Waals surface area contributed by atoms with Gasteiger partial charge in [-0.15, -0.1) is 11.8 Å². The fourth-order valence-electron chi connectivity index (χ4n) is 5.33. The summed E-state index contributed by atoms with van der Waals surface area (Å²) in [5, 5.41) is 0.451. The predicted octanol–water partition coefficient (Wildman–Crippen LogP) is 4.42. The zero-order valence-corrected chi connectivity index (χ0v) is 26.7. The second-order valence-electron chi connectivity index (χ2n) is 11.8. The molecule has 5 rings (SSSR count).